The fourth-order valence-electron chi connectivity index (χ4n) is 4.91. The molecule has 1 aromatic rings. The molecule has 0 bridgehead atoms. The standard InChI is InChI=1S/C24H37N3O3/c1-2-25-23(26-14-8-15-28-18-19-9-7-16-29-19)27-21-17-24(12-5-6-13-24)30-22-11-4-3-10-20(21)22/h3-4,10-11,19,21H,2,5-9,12-18H2,1H3,(H2,25,26,27). The molecule has 6 heteroatoms. The molecule has 2 N–H and O–H groups in total. The zero-order valence-corrected chi connectivity index (χ0v) is 18.3. The van der Waals surface area contributed by atoms with Gasteiger partial charge in [0.25, 0.3) is 0 Å². The third-order valence-corrected chi connectivity index (χ3v) is 6.41. The van der Waals surface area contributed by atoms with Crippen LogP contribution in [-0.4, -0.2) is 50.6 Å². The maximum Gasteiger partial charge on any atom is 0.191 e. The molecule has 3 aliphatic rings. The summed E-state index contributed by atoms with van der Waals surface area (Å²) >= 11 is 0. The average Bonchev–Trinajstić information content (AvgIpc) is 3.43. The SMILES string of the molecule is CCNC(=NCCCOCC1CCCO1)NC1CC2(CCCC2)Oc2ccccc21. The minimum absolute atomic E-state index is 0.0144. The second-order valence-electron chi connectivity index (χ2n) is 8.76. The van der Waals surface area contributed by atoms with Gasteiger partial charge in [0.05, 0.1) is 18.8 Å². The molecule has 2 fully saturated rings. The Hall–Kier alpha value is -1.79. The van der Waals surface area contributed by atoms with Gasteiger partial charge in [-0.3, -0.25) is 4.99 Å². The molecule has 2 aliphatic heterocycles. The maximum atomic E-state index is 6.49. The topological polar surface area (TPSA) is 64.1 Å². The van der Waals surface area contributed by atoms with Gasteiger partial charge in [0.1, 0.15) is 11.4 Å². The van der Waals surface area contributed by atoms with E-state index in [0.29, 0.717) is 12.7 Å². The third kappa shape index (κ3) is 5.46. The fraction of sp³-hybridized carbons (Fsp3) is 0.708. The summed E-state index contributed by atoms with van der Waals surface area (Å²) in [7, 11) is 0. The molecule has 1 saturated carbocycles. The quantitative estimate of drug-likeness (QED) is 0.382. The number of nitrogens with zero attached hydrogens (tertiary/aromatic N) is 1. The number of para-hydroxylation sites is 1. The van der Waals surface area contributed by atoms with Gasteiger partial charge in [-0.2, -0.15) is 0 Å². The van der Waals surface area contributed by atoms with E-state index in [1.807, 2.05) is 0 Å². The molecule has 0 radical (unpaired) electrons. The van der Waals surface area contributed by atoms with Gasteiger partial charge in [-0.25, -0.2) is 0 Å². The molecule has 2 atom stereocenters. The van der Waals surface area contributed by atoms with Crippen LogP contribution in [-0.2, 0) is 9.47 Å². The van der Waals surface area contributed by atoms with Crippen LogP contribution >= 0.6 is 0 Å². The lowest BCUT2D eigenvalue weighted by atomic mass is 9.86. The van der Waals surface area contributed by atoms with E-state index in [1.54, 1.807) is 0 Å². The maximum absolute atomic E-state index is 6.49. The van der Waals surface area contributed by atoms with Crippen molar-refractivity contribution in [3.05, 3.63) is 29.8 Å². The number of hydrogen-bond donors (Lipinski definition) is 2. The minimum Gasteiger partial charge on any atom is -0.487 e. The monoisotopic (exact) mass is 415 g/mol. The highest BCUT2D eigenvalue weighted by molar-refractivity contribution is 5.80. The van der Waals surface area contributed by atoms with E-state index >= 15 is 0 Å². The molecule has 1 spiro atoms. The van der Waals surface area contributed by atoms with Crippen LogP contribution in [0.2, 0.25) is 0 Å². The number of hydrogen-bond acceptors (Lipinski definition) is 4. The van der Waals surface area contributed by atoms with E-state index in [0.717, 1.165) is 76.5 Å². The summed E-state index contributed by atoms with van der Waals surface area (Å²) in [6, 6.07) is 8.68. The Labute approximate surface area is 180 Å². The van der Waals surface area contributed by atoms with Crippen molar-refractivity contribution in [2.45, 2.75) is 76.0 Å². The normalized spacial score (nSPS) is 25.2. The van der Waals surface area contributed by atoms with Gasteiger partial charge >= 0.3 is 0 Å². The van der Waals surface area contributed by atoms with Crippen molar-refractivity contribution in [1.82, 2.24) is 10.6 Å². The van der Waals surface area contributed by atoms with Crippen molar-refractivity contribution in [1.29, 1.82) is 0 Å². The first kappa shape index (κ1) is 21.4. The van der Waals surface area contributed by atoms with E-state index in [2.05, 4.69) is 41.8 Å². The minimum atomic E-state index is -0.0144. The molecule has 0 aromatic heterocycles. The first-order valence-corrected chi connectivity index (χ1v) is 11.8. The molecular formula is C24H37N3O3. The lowest BCUT2D eigenvalue weighted by Gasteiger charge is -2.40. The molecular weight excluding hydrogens is 378 g/mol. The number of aliphatic imine (C=N–C) groups is 1. The zero-order valence-electron chi connectivity index (χ0n) is 18.3. The van der Waals surface area contributed by atoms with Crippen molar-refractivity contribution >= 4 is 5.96 Å². The summed E-state index contributed by atoms with van der Waals surface area (Å²) in [5.41, 5.74) is 1.22. The molecule has 1 saturated heterocycles. The number of rotatable bonds is 8. The number of fused-ring (bicyclic) bond motifs is 1. The second-order valence-corrected chi connectivity index (χ2v) is 8.76. The van der Waals surface area contributed by atoms with Gasteiger partial charge in [-0.1, -0.05) is 18.2 Å². The van der Waals surface area contributed by atoms with Crippen LogP contribution < -0.4 is 15.4 Å². The van der Waals surface area contributed by atoms with Crippen LogP contribution in [0.25, 0.3) is 0 Å². The summed E-state index contributed by atoms with van der Waals surface area (Å²) in [6.45, 7) is 6.02. The average molecular weight is 416 g/mol. The van der Waals surface area contributed by atoms with Crippen LogP contribution in [0.4, 0.5) is 0 Å². The first-order chi connectivity index (χ1) is 14.8. The van der Waals surface area contributed by atoms with E-state index in [-0.39, 0.29) is 11.6 Å². The number of benzene rings is 1. The Morgan fingerprint density at radius 1 is 1.23 bits per heavy atom. The highest BCUT2D eigenvalue weighted by Gasteiger charge is 2.43. The van der Waals surface area contributed by atoms with Gasteiger partial charge < -0.3 is 24.8 Å². The van der Waals surface area contributed by atoms with Crippen molar-refractivity contribution in [2.24, 2.45) is 4.99 Å². The Morgan fingerprint density at radius 3 is 2.90 bits per heavy atom. The van der Waals surface area contributed by atoms with Crippen LogP contribution in [0, 0.1) is 0 Å². The number of guanidine groups is 1. The first-order valence-electron chi connectivity index (χ1n) is 11.8. The lowest BCUT2D eigenvalue weighted by molar-refractivity contribution is 0.0170. The van der Waals surface area contributed by atoms with Crippen molar-refractivity contribution < 1.29 is 14.2 Å². The number of ether oxygens (including phenoxy) is 3. The van der Waals surface area contributed by atoms with Gasteiger partial charge in [0.2, 0.25) is 0 Å². The molecule has 1 aliphatic carbocycles. The molecule has 4 rings (SSSR count). The highest BCUT2D eigenvalue weighted by Crippen LogP contribution is 2.46. The molecule has 2 heterocycles. The van der Waals surface area contributed by atoms with Crippen molar-refractivity contribution in [2.75, 3.05) is 32.9 Å². The number of nitrogens with one attached hydrogen (secondary N) is 2. The summed E-state index contributed by atoms with van der Waals surface area (Å²) in [4.78, 5) is 4.81. The molecule has 30 heavy (non-hydrogen) atoms. The molecule has 6 nitrogen and oxygen atoms in total. The Balaban J connectivity index is 1.32. The van der Waals surface area contributed by atoms with Crippen LogP contribution in [0.1, 0.15) is 69.9 Å². The molecule has 166 valence electrons. The molecule has 1 aromatic carbocycles. The summed E-state index contributed by atoms with van der Waals surface area (Å²) < 4.78 is 17.9. The third-order valence-electron chi connectivity index (χ3n) is 6.41. The predicted molar refractivity (Wildman–Crippen MR) is 119 cm³/mol. The van der Waals surface area contributed by atoms with E-state index in [9.17, 15) is 0 Å². The Kier molecular flexibility index (Phi) is 7.50. The van der Waals surface area contributed by atoms with Crippen LogP contribution in [0.3, 0.4) is 0 Å². The van der Waals surface area contributed by atoms with Gasteiger partial charge in [0.15, 0.2) is 5.96 Å². The Morgan fingerprint density at radius 2 is 2.10 bits per heavy atom. The summed E-state index contributed by atoms with van der Waals surface area (Å²) in [6.07, 6.45) is 9.31. The van der Waals surface area contributed by atoms with E-state index in [1.165, 1.54) is 18.4 Å². The van der Waals surface area contributed by atoms with Crippen LogP contribution in [0.15, 0.2) is 29.3 Å². The van der Waals surface area contributed by atoms with Crippen LogP contribution in [0.5, 0.6) is 5.75 Å². The second kappa shape index (κ2) is 10.5. The highest BCUT2D eigenvalue weighted by atomic mass is 16.5. The fourth-order valence-corrected chi connectivity index (χ4v) is 4.91. The van der Waals surface area contributed by atoms with E-state index < -0.39 is 0 Å². The zero-order chi connectivity index (χ0) is 20.7. The molecule has 0 amide bonds. The lowest BCUT2D eigenvalue weighted by Crippen LogP contribution is -2.46. The van der Waals surface area contributed by atoms with Crippen molar-refractivity contribution in [3.8, 4) is 5.75 Å². The summed E-state index contributed by atoms with van der Waals surface area (Å²) in [5, 5.41) is 7.11. The van der Waals surface area contributed by atoms with Crippen molar-refractivity contribution in [3.63, 3.8) is 0 Å². The predicted octanol–water partition coefficient (Wildman–Crippen LogP) is 3.96. The van der Waals surface area contributed by atoms with Gasteiger partial charge in [-0.15, -0.1) is 0 Å². The summed E-state index contributed by atoms with van der Waals surface area (Å²) in [5.74, 6) is 1.91. The Bertz CT molecular complexity index is 697. The molecule has 2 unspecified atom stereocenters. The van der Waals surface area contributed by atoms with E-state index in [4.69, 9.17) is 19.2 Å². The smallest absolute Gasteiger partial charge is 0.191 e. The van der Waals surface area contributed by atoms with Gasteiger partial charge in [0, 0.05) is 38.3 Å². The van der Waals surface area contributed by atoms with Gasteiger partial charge in [-0.05, 0) is 57.9 Å². The largest absolute Gasteiger partial charge is 0.487 e.